The normalized spacial score (nSPS) is 12.5. The number of ether oxygens (including phenoxy) is 1. The molecule has 0 saturated carbocycles. The molecule has 1 rings (SSSR count). The van der Waals surface area contributed by atoms with Gasteiger partial charge in [-0.25, -0.2) is 9.18 Å². The molecule has 19 heavy (non-hydrogen) atoms. The maximum atomic E-state index is 13.9. The van der Waals surface area contributed by atoms with Gasteiger partial charge in [0.1, 0.15) is 11.9 Å². The minimum Gasteiger partial charge on any atom is -0.468 e. The van der Waals surface area contributed by atoms with Gasteiger partial charge in [-0.1, -0.05) is 22.0 Å². The van der Waals surface area contributed by atoms with Crippen LogP contribution in [0.1, 0.15) is 11.6 Å². The zero-order valence-corrected chi connectivity index (χ0v) is 12.8. The van der Waals surface area contributed by atoms with Crippen molar-refractivity contribution in [2.45, 2.75) is 6.04 Å². The van der Waals surface area contributed by atoms with Gasteiger partial charge >= 0.3 is 5.97 Å². The summed E-state index contributed by atoms with van der Waals surface area (Å²) in [5.41, 5.74) is 0.286. The number of nitrogens with zero attached hydrogens (tertiary/aromatic N) is 1. The number of likely N-dealkylation sites (N-methyl/N-ethyl adjacent to an activating group) is 1. The van der Waals surface area contributed by atoms with Crippen LogP contribution in [-0.4, -0.2) is 45.2 Å². The van der Waals surface area contributed by atoms with Crippen LogP contribution in [0.15, 0.2) is 22.7 Å². The Morgan fingerprint density at radius 3 is 2.74 bits per heavy atom. The highest BCUT2D eigenvalue weighted by molar-refractivity contribution is 9.10. The van der Waals surface area contributed by atoms with Crippen LogP contribution in [0, 0.1) is 5.82 Å². The lowest BCUT2D eigenvalue weighted by Gasteiger charge is -2.19. The molecular weight excluding hydrogens is 315 g/mol. The van der Waals surface area contributed by atoms with Crippen molar-refractivity contribution >= 4 is 21.9 Å². The number of esters is 1. The Bertz CT molecular complexity index is 441. The second-order valence-corrected chi connectivity index (χ2v) is 5.30. The van der Waals surface area contributed by atoms with Gasteiger partial charge in [-0.05, 0) is 26.2 Å². The summed E-state index contributed by atoms with van der Waals surface area (Å²) in [6, 6.07) is 3.81. The van der Waals surface area contributed by atoms with E-state index in [1.165, 1.54) is 13.2 Å². The highest BCUT2D eigenvalue weighted by atomic mass is 79.9. The summed E-state index contributed by atoms with van der Waals surface area (Å²) in [6.45, 7) is 1.30. The lowest BCUT2D eigenvalue weighted by Crippen LogP contribution is -2.35. The van der Waals surface area contributed by atoms with Crippen LogP contribution in [0.2, 0.25) is 0 Å². The molecule has 0 spiro atoms. The molecule has 6 heteroatoms. The average Bonchev–Trinajstić information content (AvgIpc) is 2.34. The first-order chi connectivity index (χ1) is 8.95. The van der Waals surface area contributed by atoms with Crippen LogP contribution in [0.3, 0.4) is 0 Å². The summed E-state index contributed by atoms with van der Waals surface area (Å²) in [7, 11) is 5.14. The predicted molar refractivity (Wildman–Crippen MR) is 75.4 cm³/mol. The summed E-state index contributed by atoms with van der Waals surface area (Å²) in [5, 5.41) is 3.01. The van der Waals surface area contributed by atoms with Gasteiger partial charge in [0.05, 0.1) is 7.11 Å². The predicted octanol–water partition coefficient (Wildman–Crippen LogP) is 1.95. The summed E-state index contributed by atoms with van der Waals surface area (Å²) < 4.78 is 19.2. The summed E-state index contributed by atoms with van der Waals surface area (Å²) >= 11 is 3.19. The average molecular weight is 333 g/mol. The topological polar surface area (TPSA) is 41.6 Å². The lowest BCUT2D eigenvalue weighted by molar-refractivity contribution is -0.143. The molecule has 0 aliphatic rings. The lowest BCUT2D eigenvalue weighted by atomic mass is 10.1. The van der Waals surface area contributed by atoms with E-state index >= 15 is 0 Å². The van der Waals surface area contributed by atoms with Gasteiger partial charge in [0.15, 0.2) is 0 Å². The maximum Gasteiger partial charge on any atom is 0.327 e. The van der Waals surface area contributed by atoms with E-state index < -0.39 is 17.8 Å². The Hall–Kier alpha value is -0.980. The molecule has 0 aromatic heterocycles. The molecule has 0 bridgehead atoms. The third-order valence-electron chi connectivity index (χ3n) is 2.62. The second kappa shape index (κ2) is 7.57. The van der Waals surface area contributed by atoms with Gasteiger partial charge in [-0.2, -0.15) is 0 Å². The van der Waals surface area contributed by atoms with E-state index in [2.05, 4.69) is 21.2 Å². The van der Waals surface area contributed by atoms with Gasteiger partial charge < -0.3 is 9.64 Å². The molecule has 1 N–H and O–H groups in total. The zero-order valence-electron chi connectivity index (χ0n) is 11.2. The highest BCUT2D eigenvalue weighted by Gasteiger charge is 2.23. The van der Waals surface area contributed by atoms with Crippen LogP contribution in [0.25, 0.3) is 0 Å². The fourth-order valence-corrected chi connectivity index (χ4v) is 1.94. The minimum atomic E-state index is -0.793. The summed E-state index contributed by atoms with van der Waals surface area (Å²) in [4.78, 5) is 13.7. The van der Waals surface area contributed by atoms with Gasteiger partial charge in [0, 0.05) is 23.1 Å². The molecule has 0 amide bonds. The summed E-state index contributed by atoms with van der Waals surface area (Å²) in [5.74, 6) is -0.942. The van der Waals surface area contributed by atoms with Crippen molar-refractivity contribution in [2.24, 2.45) is 0 Å². The van der Waals surface area contributed by atoms with E-state index in [0.29, 0.717) is 11.0 Å². The molecule has 1 aromatic carbocycles. The molecular formula is C13H18BrFN2O2. The quantitative estimate of drug-likeness (QED) is 0.808. The molecule has 1 aromatic rings. The third-order valence-corrected chi connectivity index (χ3v) is 3.11. The van der Waals surface area contributed by atoms with Crippen LogP contribution in [0.4, 0.5) is 4.39 Å². The largest absolute Gasteiger partial charge is 0.468 e. The third kappa shape index (κ3) is 4.89. The molecule has 4 nitrogen and oxygen atoms in total. The zero-order chi connectivity index (χ0) is 14.4. The fourth-order valence-electron chi connectivity index (χ4n) is 1.61. The smallest absolute Gasteiger partial charge is 0.327 e. The standard InChI is InChI=1S/C13H18BrFN2O2/c1-17(2)7-6-16-12(13(18)19-3)10-5-4-9(14)8-11(10)15/h4-5,8,12,16H,6-7H2,1-3H3. The van der Waals surface area contributed by atoms with Crippen molar-refractivity contribution in [1.82, 2.24) is 10.2 Å². The molecule has 106 valence electrons. The Morgan fingerprint density at radius 1 is 1.53 bits per heavy atom. The Morgan fingerprint density at radius 2 is 2.21 bits per heavy atom. The maximum absolute atomic E-state index is 13.9. The number of methoxy groups -OCH3 is 1. The van der Waals surface area contributed by atoms with E-state index in [-0.39, 0.29) is 5.56 Å². The molecule has 0 saturated heterocycles. The van der Waals surface area contributed by atoms with Crippen LogP contribution in [0.5, 0.6) is 0 Å². The van der Waals surface area contributed by atoms with Crippen LogP contribution in [-0.2, 0) is 9.53 Å². The molecule has 0 aliphatic heterocycles. The number of carbonyl (C=O) groups excluding carboxylic acids is 1. The van der Waals surface area contributed by atoms with E-state index in [1.807, 2.05) is 19.0 Å². The SMILES string of the molecule is COC(=O)C(NCCN(C)C)c1ccc(Br)cc1F. The van der Waals surface area contributed by atoms with Gasteiger partial charge in [-0.15, -0.1) is 0 Å². The molecule has 0 aliphatic carbocycles. The number of benzene rings is 1. The van der Waals surface area contributed by atoms with E-state index in [1.54, 1.807) is 12.1 Å². The number of halogens is 2. The fraction of sp³-hybridized carbons (Fsp3) is 0.462. The molecule has 0 fully saturated rings. The van der Waals surface area contributed by atoms with Crippen LogP contribution < -0.4 is 5.32 Å². The van der Waals surface area contributed by atoms with Crippen molar-refractivity contribution < 1.29 is 13.9 Å². The van der Waals surface area contributed by atoms with Crippen molar-refractivity contribution in [3.8, 4) is 0 Å². The van der Waals surface area contributed by atoms with Crippen molar-refractivity contribution in [2.75, 3.05) is 34.3 Å². The highest BCUT2D eigenvalue weighted by Crippen LogP contribution is 2.22. The number of hydrogen-bond donors (Lipinski definition) is 1. The molecule has 1 unspecified atom stereocenters. The van der Waals surface area contributed by atoms with Crippen molar-refractivity contribution in [3.05, 3.63) is 34.1 Å². The Balaban J connectivity index is 2.87. The van der Waals surface area contributed by atoms with Gasteiger partial charge in [0.2, 0.25) is 0 Å². The molecule has 0 heterocycles. The number of rotatable bonds is 6. The van der Waals surface area contributed by atoms with E-state index in [9.17, 15) is 9.18 Å². The number of hydrogen-bond acceptors (Lipinski definition) is 4. The number of nitrogens with one attached hydrogen (secondary N) is 1. The minimum absolute atomic E-state index is 0.286. The number of carbonyl (C=O) groups is 1. The first kappa shape index (κ1) is 16.1. The Labute approximate surface area is 121 Å². The first-order valence-electron chi connectivity index (χ1n) is 5.86. The summed E-state index contributed by atoms with van der Waals surface area (Å²) in [6.07, 6.45) is 0. The Kier molecular flexibility index (Phi) is 6.41. The molecule has 1 atom stereocenters. The van der Waals surface area contributed by atoms with Crippen molar-refractivity contribution in [1.29, 1.82) is 0 Å². The molecule has 0 radical (unpaired) electrons. The van der Waals surface area contributed by atoms with Gasteiger partial charge in [0.25, 0.3) is 0 Å². The van der Waals surface area contributed by atoms with Crippen molar-refractivity contribution in [3.63, 3.8) is 0 Å². The van der Waals surface area contributed by atoms with Crippen LogP contribution >= 0.6 is 15.9 Å². The van der Waals surface area contributed by atoms with E-state index in [0.717, 1.165) is 6.54 Å². The second-order valence-electron chi connectivity index (χ2n) is 4.38. The monoisotopic (exact) mass is 332 g/mol. The first-order valence-corrected chi connectivity index (χ1v) is 6.66. The van der Waals surface area contributed by atoms with Gasteiger partial charge in [-0.3, -0.25) is 5.32 Å². The van der Waals surface area contributed by atoms with E-state index in [4.69, 9.17) is 4.74 Å².